The van der Waals surface area contributed by atoms with Crippen molar-refractivity contribution in [3.8, 4) is 0 Å². The summed E-state index contributed by atoms with van der Waals surface area (Å²) in [6.07, 6.45) is 6.97. The molecule has 2 heteroatoms. The second kappa shape index (κ2) is 3.56. The number of hydrogen-bond acceptors (Lipinski definition) is 2. The quantitative estimate of drug-likeness (QED) is 0.683. The van der Waals surface area contributed by atoms with Crippen molar-refractivity contribution >= 4 is 11.3 Å². The van der Waals surface area contributed by atoms with Crippen LogP contribution < -0.4 is 0 Å². The Morgan fingerprint density at radius 1 is 1.50 bits per heavy atom. The number of aromatic nitrogens is 1. The van der Waals surface area contributed by atoms with E-state index in [0.29, 0.717) is 0 Å². The van der Waals surface area contributed by atoms with Gasteiger partial charge in [-0.25, -0.2) is 4.98 Å². The van der Waals surface area contributed by atoms with Gasteiger partial charge < -0.3 is 0 Å². The molecule has 0 saturated heterocycles. The summed E-state index contributed by atoms with van der Waals surface area (Å²) in [6.45, 7) is 2.08. The Hall–Kier alpha value is -0.370. The van der Waals surface area contributed by atoms with Crippen molar-refractivity contribution in [2.45, 2.75) is 39.0 Å². The van der Waals surface area contributed by atoms with Crippen LogP contribution in [-0.2, 0) is 6.42 Å². The van der Waals surface area contributed by atoms with Crippen molar-refractivity contribution in [1.82, 2.24) is 4.98 Å². The smallest absolute Gasteiger partial charge is 0.0930 e. The topological polar surface area (TPSA) is 12.9 Å². The fourth-order valence-electron chi connectivity index (χ4n) is 1.96. The molecule has 0 radical (unpaired) electrons. The minimum atomic E-state index is 0.940. The third-order valence-electron chi connectivity index (χ3n) is 2.60. The highest BCUT2D eigenvalue weighted by Crippen LogP contribution is 2.28. The molecule has 1 aromatic rings. The number of nitrogens with zero attached hydrogens (tertiary/aromatic N) is 1. The second-order valence-electron chi connectivity index (χ2n) is 3.74. The van der Waals surface area contributed by atoms with Gasteiger partial charge in [0.25, 0.3) is 0 Å². The van der Waals surface area contributed by atoms with Gasteiger partial charge >= 0.3 is 0 Å². The fraction of sp³-hybridized carbons (Fsp3) is 0.700. The van der Waals surface area contributed by atoms with E-state index in [0.717, 1.165) is 5.92 Å². The molecule has 0 aliphatic heterocycles. The Kier molecular flexibility index (Phi) is 2.45. The molecule has 0 aromatic carbocycles. The summed E-state index contributed by atoms with van der Waals surface area (Å²) in [4.78, 5) is 4.49. The largest absolute Gasteiger partial charge is 0.247 e. The fourth-order valence-corrected chi connectivity index (χ4v) is 2.85. The molecule has 0 unspecified atom stereocenters. The summed E-state index contributed by atoms with van der Waals surface area (Å²) in [5.41, 5.74) is 1.19. The van der Waals surface area contributed by atoms with Crippen LogP contribution >= 0.6 is 11.3 Å². The highest BCUT2D eigenvalue weighted by Gasteiger charge is 2.16. The van der Waals surface area contributed by atoms with E-state index < -0.39 is 0 Å². The summed E-state index contributed by atoms with van der Waals surface area (Å²) in [6, 6.07) is 0. The van der Waals surface area contributed by atoms with Crippen molar-refractivity contribution < 1.29 is 0 Å². The lowest BCUT2D eigenvalue weighted by Crippen LogP contribution is -1.97. The third-order valence-corrected chi connectivity index (χ3v) is 3.59. The van der Waals surface area contributed by atoms with Gasteiger partial charge in [-0.2, -0.15) is 0 Å². The molecule has 0 N–H and O–H groups in total. The van der Waals surface area contributed by atoms with Crippen LogP contribution in [-0.4, -0.2) is 4.98 Å². The Morgan fingerprint density at radius 3 is 2.83 bits per heavy atom. The Balaban J connectivity index is 1.94. The van der Waals surface area contributed by atoms with Crippen molar-refractivity contribution in [1.29, 1.82) is 0 Å². The molecule has 0 bridgehead atoms. The summed E-state index contributed by atoms with van der Waals surface area (Å²) in [7, 11) is 0. The third kappa shape index (κ3) is 1.86. The lowest BCUT2D eigenvalue weighted by molar-refractivity contribution is 0.544. The minimum absolute atomic E-state index is 0.940. The van der Waals surface area contributed by atoms with Gasteiger partial charge in [-0.15, -0.1) is 11.3 Å². The van der Waals surface area contributed by atoms with E-state index in [2.05, 4.69) is 17.3 Å². The van der Waals surface area contributed by atoms with Gasteiger partial charge in [0.2, 0.25) is 0 Å². The Bertz CT molecular complexity index is 248. The maximum Gasteiger partial charge on any atom is 0.0930 e. The van der Waals surface area contributed by atoms with Gasteiger partial charge in [0.15, 0.2) is 0 Å². The molecule has 1 heterocycles. The molecular weight excluding hydrogens is 166 g/mol. The molecule has 1 nitrogen and oxygen atoms in total. The van der Waals surface area contributed by atoms with Crippen LogP contribution in [0.15, 0.2) is 5.38 Å². The first-order valence-corrected chi connectivity index (χ1v) is 5.63. The average molecular weight is 181 g/mol. The van der Waals surface area contributed by atoms with E-state index in [1.54, 1.807) is 0 Å². The van der Waals surface area contributed by atoms with E-state index in [-0.39, 0.29) is 0 Å². The number of aryl methyl sites for hydroxylation is 1. The van der Waals surface area contributed by atoms with Crippen LogP contribution in [0.25, 0.3) is 0 Å². The first-order chi connectivity index (χ1) is 5.84. The van der Waals surface area contributed by atoms with Crippen molar-refractivity contribution in [3.63, 3.8) is 0 Å². The lowest BCUT2D eigenvalue weighted by atomic mass is 10.1. The Labute approximate surface area is 77.8 Å². The standard InChI is InChI=1S/C10H15NS/c1-8-7-12-10(11-8)6-9-4-2-3-5-9/h7,9H,2-6H2,1H3. The normalized spacial score (nSPS) is 18.8. The van der Waals surface area contributed by atoms with E-state index in [4.69, 9.17) is 0 Å². The highest BCUT2D eigenvalue weighted by atomic mass is 32.1. The van der Waals surface area contributed by atoms with Crippen LogP contribution in [0.5, 0.6) is 0 Å². The zero-order valence-electron chi connectivity index (χ0n) is 7.55. The van der Waals surface area contributed by atoms with Gasteiger partial charge in [-0.3, -0.25) is 0 Å². The second-order valence-corrected chi connectivity index (χ2v) is 4.68. The predicted molar refractivity (Wildman–Crippen MR) is 52.5 cm³/mol. The van der Waals surface area contributed by atoms with Gasteiger partial charge in [0, 0.05) is 17.5 Å². The van der Waals surface area contributed by atoms with Crippen LogP contribution in [0.2, 0.25) is 0 Å². The number of rotatable bonds is 2. The molecule has 1 saturated carbocycles. The number of hydrogen-bond donors (Lipinski definition) is 0. The van der Waals surface area contributed by atoms with Crippen LogP contribution in [0.4, 0.5) is 0 Å². The SMILES string of the molecule is Cc1csc(CC2CCCC2)n1. The average Bonchev–Trinajstić information content (AvgIpc) is 2.63. The predicted octanol–water partition coefficient (Wildman–Crippen LogP) is 3.18. The molecule has 1 fully saturated rings. The van der Waals surface area contributed by atoms with Crippen molar-refractivity contribution in [2.24, 2.45) is 5.92 Å². The molecule has 1 aromatic heterocycles. The van der Waals surface area contributed by atoms with Crippen LogP contribution in [0, 0.1) is 12.8 Å². The first kappa shape index (κ1) is 8.24. The van der Waals surface area contributed by atoms with Crippen molar-refractivity contribution in [3.05, 3.63) is 16.1 Å². The van der Waals surface area contributed by atoms with Gasteiger partial charge in [0.1, 0.15) is 0 Å². The zero-order chi connectivity index (χ0) is 8.39. The molecule has 0 amide bonds. The molecule has 1 aliphatic carbocycles. The molecule has 0 atom stereocenters. The molecule has 1 aliphatic rings. The van der Waals surface area contributed by atoms with Gasteiger partial charge in [-0.05, 0) is 12.8 Å². The Morgan fingerprint density at radius 2 is 2.25 bits per heavy atom. The van der Waals surface area contributed by atoms with E-state index in [9.17, 15) is 0 Å². The zero-order valence-corrected chi connectivity index (χ0v) is 8.36. The minimum Gasteiger partial charge on any atom is -0.247 e. The molecule has 0 spiro atoms. The van der Waals surface area contributed by atoms with Crippen molar-refractivity contribution in [2.75, 3.05) is 0 Å². The van der Waals surface area contributed by atoms with Gasteiger partial charge in [0.05, 0.1) is 5.01 Å². The molecule has 66 valence electrons. The maximum absolute atomic E-state index is 4.49. The van der Waals surface area contributed by atoms with Crippen LogP contribution in [0.1, 0.15) is 36.4 Å². The monoisotopic (exact) mass is 181 g/mol. The van der Waals surface area contributed by atoms with E-state index in [1.807, 2.05) is 11.3 Å². The summed E-state index contributed by atoms with van der Waals surface area (Å²) < 4.78 is 0. The molecule has 2 rings (SSSR count). The van der Waals surface area contributed by atoms with E-state index >= 15 is 0 Å². The summed E-state index contributed by atoms with van der Waals surface area (Å²) in [5.74, 6) is 0.940. The molecular formula is C10H15NS. The maximum atomic E-state index is 4.49. The van der Waals surface area contributed by atoms with Crippen LogP contribution in [0.3, 0.4) is 0 Å². The highest BCUT2D eigenvalue weighted by molar-refractivity contribution is 7.09. The number of thiazole rings is 1. The summed E-state index contributed by atoms with van der Waals surface area (Å²) >= 11 is 1.83. The first-order valence-electron chi connectivity index (χ1n) is 4.75. The van der Waals surface area contributed by atoms with E-state index in [1.165, 1.54) is 42.8 Å². The van der Waals surface area contributed by atoms with Gasteiger partial charge in [-0.1, -0.05) is 25.7 Å². The summed E-state index contributed by atoms with van der Waals surface area (Å²) in [5, 5.41) is 3.50. The lowest BCUT2D eigenvalue weighted by Gasteiger charge is -2.04. The molecule has 12 heavy (non-hydrogen) atoms.